The maximum Gasteiger partial charge on any atom is 0.198 e. The molecule has 11 rings (SSSR count). The first-order valence-electron chi connectivity index (χ1n) is 15.4. The first-order valence-corrected chi connectivity index (χ1v) is 17.0. The number of nitrogens with one attached hydrogen (secondary N) is 1. The van der Waals surface area contributed by atoms with Crippen molar-refractivity contribution in [2.24, 2.45) is 0 Å². The average Bonchev–Trinajstić information content (AvgIpc) is 3.66. The van der Waals surface area contributed by atoms with E-state index in [1.54, 1.807) is 0 Å². The van der Waals surface area contributed by atoms with Gasteiger partial charge in [-0.3, -0.25) is 0 Å². The summed E-state index contributed by atoms with van der Waals surface area (Å²) in [5, 5.41) is 7.79. The summed E-state index contributed by atoms with van der Waals surface area (Å²) >= 11 is 3.81. The largest absolute Gasteiger partial charge is 0.353 e. The van der Waals surface area contributed by atoms with Gasteiger partial charge in [-0.1, -0.05) is 114 Å². The Kier molecular flexibility index (Phi) is 4.77. The second kappa shape index (κ2) is 8.82. The van der Waals surface area contributed by atoms with Crippen LogP contribution >= 0.6 is 23.1 Å². The van der Waals surface area contributed by atoms with Crippen LogP contribution in [-0.4, -0.2) is 12.3 Å². The van der Waals surface area contributed by atoms with E-state index in [4.69, 9.17) is 0 Å². The van der Waals surface area contributed by atoms with Gasteiger partial charge in [0.2, 0.25) is 0 Å². The molecule has 4 heterocycles. The summed E-state index contributed by atoms with van der Waals surface area (Å²) < 4.78 is 2.67. The van der Waals surface area contributed by atoms with Crippen LogP contribution in [0.4, 0.5) is 17.1 Å². The third-order valence-corrected chi connectivity index (χ3v) is 12.0. The lowest BCUT2D eigenvalue weighted by atomic mass is 9.58. The molecule has 0 amide bonds. The Bertz CT molecular complexity index is 2740. The highest BCUT2D eigenvalue weighted by Gasteiger charge is 2.36. The van der Waals surface area contributed by atoms with Crippen molar-refractivity contribution >= 4 is 111 Å². The van der Waals surface area contributed by atoms with Crippen LogP contribution in [0.3, 0.4) is 0 Å². The molecule has 0 aliphatic carbocycles. The smallest absolute Gasteiger partial charge is 0.198 e. The lowest BCUT2D eigenvalue weighted by Crippen LogP contribution is -2.42. The molecule has 5 heteroatoms. The fraction of sp³-hybridized carbons (Fsp3) is 0. The van der Waals surface area contributed by atoms with Gasteiger partial charge in [-0.05, 0) is 46.7 Å². The molecule has 0 atom stereocenters. The topological polar surface area (TPSA) is 19.0 Å². The molecule has 0 unspecified atom stereocenters. The molecule has 2 nitrogen and oxygen atoms in total. The summed E-state index contributed by atoms with van der Waals surface area (Å²) in [6.45, 7) is 0. The highest BCUT2D eigenvalue weighted by molar-refractivity contribution is 7.99. The number of para-hydroxylation sites is 3. The van der Waals surface area contributed by atoms with E-state index in [1.165, 1.54) is 102 Å². The third-order valence-electron chi connectivity index (χ3n) is 9.79. The second-order valence-corrected chi connectivity index (χ2v) is 14.3. The zero-order valence-electron chi connectivity index (χ0n) is 24.1. The van der Waals surface area contributed by atoms with E-state index < -0.39 is 0 Å². The van der Waals surface area contributed by atoms with Gasteiger partial charge in [-0.15, -0.1) is 11.3 Å². The molecule has 2 aromatic heterocycles. The van der Waals surface area contributed by atoms with Crippen LogP contribution in [-0.2, 0) is 0 Å². The molecular weight excluding hydrogens is 583 g/mol. The maximum atomic E-state index is 3.94. The highest BCUT2D eigenvalue weighted by atomic mass is 32.2. The van der Waals surface area contributed by atoms with Crippen molar-refractivity contribution in [3.8, 4) is 11.1 Å². The van der Waals surface area contributed by atoms with E-state index in [9.17, 15) is 0 Å². The minimum Gasteiger partial charge on any atom is -0.353 e. The predicted molar refractivity (Wildman–Crippen MR) is 197 cm³/mol. The van der Waals surface area contributed by atoms with E-state index >= 15 is 0 Å². The number of H-pyrrole nitrogens is 1. The molecule has 7 aromatic carbocycles. The van der Waals surface area contributed by atoms with Crippen molar-refractivity contribution in [2.45, 2.75) is 9.79 Å². The Labute approximate surface area is 268 Å². The van der Waals surface area contributed by atoms with Gasteiger partial charge >= 0.3 is 0 Å². The van der Waals surface area contributed by atoms with Crippen molar-refractivity contribution in [1.29, 1.82) is 0 Å². The van der Waals surface area contributed by atoms with Crippen molar-refractivity contribution in [3.63, 3.8) is 0 Å². The summed E-state index contributed by atoms with van der Waals surface area (Å²) in [7, 11) is 0.896. The van der Waals surface area contributed by atoms with Crippen LogP contribution in [0.2, 0.25) is 0 Å². The number of benzene rings is 7. The number of rotatable bonds is 1. The van der Waals surface area contributed by atoms with Crippen LogP contribution in [0, 0.1) is 0 Å². The summed E-state index contributed by atoms with van der Waals surface area (Å²) in [4.78, 5) is 9.17. The molecule has 0 radical (unpaired) electrons. The minimum atomic E-state index is 0.896. The van der Waals surface area contributed by atoms with Crippen LogP contribution < -0.4 is 15.8 Å². The van der Waals surface area contributed by atoms with Gasteiger partial charge in [0.05, 0.1) is 28.1 Å². The Morgan fingerprint density at radius 3 is 2.31 bits per heavy atom. The van der Waals surface area contributed by atoms with Crippen molar-refractivity contribution in [3.05, 3.63) is 127 Å². The highest BCUT2D eigenvalue weighted by Crippen LogP contribution is 2.54. The number of hydrogen-bond donors (Lipinski definition) is 1. The second-order valence-electron chi connectivity index (χ2n) is 12.1. The summed E-state index contributed by atoms with van der Waals surface area (Å²) in [6, 6.07) is 47.3. The van der Waals surface area contributed by atoms with E-state index in [2.05, 4.69) is 137 Å². The van der Waals surface area contributed by atoms with Gasteiger partial charge in [-0.2, -0.15) is 0 Å². The SMILES string of the molecule is B1c2cccc3c2N(c2ccccc2S3)c2c1c(-c1cccc3c1[nH]c1c4ccccc4ccc31)cc1sc3ccccc3c21. The average molecular weight is 607 g/mol. The van der Waals surface area contributed by atoms with E-state index in [0.717, 1.165) is 7.28 Å². The number of fused-ring (bicyclic) bond motifs is 13. The zero-order valence-corrected chi connectivity index (χ0v) is 25.7. The normalized spacial score (nSPS) is 13.4. The Hall–Kier alpha value is -4.97. The summed E-state index contributed by atoms with van der Waals surface area (Å²) in [5.74, 6) is 0. The molecule has 0 fully saturated rings. The number of aromatic amines is 1. The lowest BCUT2D eigenvalue weighted by molar-refractivity contribution is 1.18. The molecule has 45 heavy (non-hydrogen) atoms. The summed E-state index contributed by atoms with van der Waals surface area (Å²) in [5.41, 5.74) is 11.7. The number of thiophene rings is 1. The van der Waals surface area contributed by atoms with E-state index in [-0.39, 0.29) is 0 Å². The molecule has 0 saturated heterocycles. The third kappa shape index (κ3) is 3.22. The Morgan fingerprint density at radius 1 is 0.556 bits per heavy atom. The number of anilines is 3. The van der Waals surface area contributed by atoms with Crippen LogP contribution in [0.25, 0.3) is 63.9 Å². The number of hydrogen-bond acceptors (Lipinski definition) is 3. The Morgan fingerprint density at radius 2 is 1.33 bits per heavy atom. The van der Waals surface area contributed by atoms with E-state index in [1.807, 2.05) is 23.1 Å². The maximum absolute atomic E-state index is 3.94. The standard InChI is InChI=1S/C40H23BN2S2/c1-2-10-23-22(9-1)19-20-26-24-12-7-13-25(38(24)42-37(23)26)28-21-34-35(27-11-3-5-16-31(27)44-34)40-36(28)41-29-14-8-18-33-39(29)43(40)30-15-4-6-17-32(30)45-33/h1-21,41-42H. The molecule has 1 N–H and O–H groups in total. The molecule has 0 saturated carbocycles. The summed E-state index contributed by atoms with van der Waals surface area (Å²) in [6.07, 6.45) is 0. The lowest BCUT2D eigenvalue weighted by Gasteiger charge is -2.40. The van der Waals surface area contributed by atoms with Gasteiger partial charge in [0, 0.05) is 51.7 Å². The van der Waals surface area contributed by atoms with Gasteiger partial charge in [-0.25, -0.2) is 0 Å². The molecule has 208 valence electrons. The van der Waals surface area contributed by atoms with E-state index in [0.29, 0.717) is 0 Å². The number of aromatic nitrogens is 1. The molecule has 0 bridgehead atoms. The minimum absolute atomic E-state index is 0.896. The fourth-order valence-electron chi connectivity index (χ4n) is 7.90. The predicted octanol–water partition coefficient (Wildman–Crippen LogP) is 10.1. The fourth-order valence-corrected chi connectivity index (χ4v) is 10.2. The van der Waals surface area contributed by atoms with Crippen LogP contribution in [0.15, 0.2) is 137 Å². The molecule has 2 aliphatic rings. The first kappa shape index (κ1) is 24.4. The molecule has 2 aliphatic heterocycles. The van der Waals surface area contributed by atoms with Crippen molar-refractivity contribution < 1.29 is 0 Å². The van der Waals surface area contributed by atoms with Crippen molar-refractivity contribution in [1.82, 2.24) is 4.98 Å². The van der Waals surface area contributed by atoms with Gasteiger partial charge in [0.25, 0.3) is 0 Å². The monoisotopic (exact) mass is 606 g/mol. The molecule has 0 spiro atoms. The first-order chi connectivity index (χ1) is 22.3. The molecular formula is C40H23BN2S2. The number of nitrogens with zero attached hydrogens (tertiary/aromatic N) is 1. The van der Waals surface area contributed by atoms with Crippen molar-refractivity contribution in [2.75, 3.05) is 4.90 Å². The van der Waals surface area contributed by atoms with Gasteiger partial charge < -0.3 is 9.88 Å². The quantitative estimate of drug-likeness (QED) is 0.188. The van der Waals surface area contributed by atoms with Crippen LogP contribution in [0.5, 0.6) is 0 Å². The zero-order chi connectivity index (χ0) is 29.2. The van der Waals surface area contributed by atoms with Crippen LogP contribution in [0.1, 0.15) is 0 Å². The Balaban J connectivity index is 1.30. The molecule has 9 aromatic rings. The van der Waals surface area contributed by atoms with Gasteiger partial charge in [0.15, 0.2) is 7.28 Å². The van der Waals surface area contributed by atoms with Gasteiger partial charge in [0.1, 0.15) is 0 Å².